The topological polar surface area (TPSA) is 77.8 Å². The number of nitrogens with zero attached hydrogens (tertiary/aromatic N) is 5. The molecule has 20 heavy (non-hydrogen) atoms. The normalized spacial score (nSPS) is 18.9. The first-order valence-electron chi connectivity index (χ1n) is 6.54. The molecule has 0 spiro atoms. The highest BCUT2D eigenvalue weighted by molar-refractivity contribution is 6.28. The average Bonchev–Trinajstić information content (AvgIpc) is 3.00. The maximum Gasteiger partial charge on any atom is 0.256 e. The monoisotopic (exact) mass is 294 g/mol. The van der Waals surface area contributed by atoms with Crippen molar-refractivity contribution in [3.05, 3.63) is 23.7 Å². The van der Waals surface area contributed by atoms with E-state index in [9.17, 15) is 0 Å². The molecule has 0 saturated carbocycles. The van der Waals surface area contributed by atoms with Gasteiger partial charge in [0.25, 0.3) is 5.95 Å². The van der Waals surface area contributed by atoms with Crippen molar-refractivity contribution in [2.45, 2.75) is 12.8 Å². The van der Waals surface area contributed by atoms with E-state index in [-0.39, 0.29) is 5.28 Å². The number of aromatic nitrogens is 5. The fraction of sp³-hybridized carbons (Fsp3) is 0.500. The van der Waals surface area contributed by atoms with Crippen molar-refractivity contribution in [1.29, 1.82) is 0 Å². The Morgan fingerprint density at radius 3 is 3.10 bits per heavy atom. The zero-order valence-electron chi connectivity index (χ0n) is 10.9. The smallest absolute Gasteiger partial charge is 0.256 e. The molecule has 8 heteroatoms. The minimum absolute atomic E-state index is 0.146. The number of nitrogens with one attached hydrogen (secondary N) is 1. The molecule has 3 heterocycles. The highest BCUT2D eigenvalue weighted by atomic mass is 35.5. The largest absolute Gasteiger partial charge is 0.381 e. The standard InChI is InChI=1S/C12H15ClN6O/c13-10-16-11(14-7-9-3-1-6-20-8-9)18-12(17-10)19-5-2-4-15-19/h2,4-5,9H,1,3,6-8H2,(H,14,16,17,18). The van der Waals surface area contributed by atoms with Gasteiger partial charge in [-0.25, -0.2) is 4.68 Å². The molecule has 0 bridgehead atoms. The van der Waals surface area contributed by atoms with Crippen LogP contribution < -0.4 is 5.32 Å². The predicted molar refractivity (Wildman–Crippen MR) is 74.0 cm³/mol. The third kappa shape index (κ3) is 3.23. The number of ether oxygens (including phenoxy) is 1. The molecule has 1 saturated heterocycles. The van der Waals surface area contributed by atoms with Gasteiger partial charge in [0.05, 0.1) is 6.61 Å². The molecule has 1 fully saturated rings. The van der Waals surface area contributed by atoms with Gasteiger partial charge in [0.2, 0.25) is 11.2 Å². The van der Waals surface area contributed by atoms with Crippen molar-refractivity contribution in [1.82, 2.24) is 24.7 Å². The molecule has 0 aromatic carbocycles. The zero-order valence-corrected chi connectivity index (χ0v) is 11.6. The summed E-state index contributed by atoms with van der Waals surface area (Å²) < 4.78 is 6.99. The van der Waals surface area contributed by atoms with Gasteiger partial charge in [0.15, 0.2) is 0 Å². The third-order valence-corrected chi connectivity index (χ3v) is 3.28. The Labute approximate surface area is 121 Å². The summed E-state index contributed by atoms with van der Waals surface area (Å²) in [5.74, 6) is 1.34. The molecule has 1 N–H and O–H groups in total. The molecule has 7 nitrogen and oxygen atoms in total. The maximum atomic E-state index is 5.92. The molecule has 1 unspecified atom stereocenters. The highest BCUT2D eigenvalue weighted by Gasteiger charge is 2.14. The molecular formula is C12H15ClN6O. The molecule has 1 aliphatic rings. The van der Waals surface area contributed by atoms with Crippen LogP contribution in [0.5, 0.6) is 0 Å². The number of halogens is 1. The van der Waals surface area contributed by atoms with Crippen molar-refractivity contribution < 1.29 is 4.74 Å². The number of hydrogen-bond donors (Lipinski definition) is 1. The summed E-state index contributed by atoms with van der Waals surface area (Å²) in [7, 11) is 0. The van der Waals surface area contributed by atoms with Crippen LogP contribution in [0, 0.1) is 5.92 Å². The average molecular weight is 295 g/mol. The molecule has 3 rings (SSSR count). The lowest BCUT2D eigenvalue weighted by Crippen LogP contribution is -2.25. The highest BCUT2D eigenvalue weighted by Crippen LogP contribution is 2.15. The SMILES string of the molecule is Clc1nc(NCC2CCCOC2)nc(-n2cccn2)n1. The summed E-state index contributed by atoms with van der Waals surface area (Å²) in [5, 5.41) is 7.41. The Bertz CT molecular complexity index is 555. The van der Waals surface area contributed by atoms with E-state index in [1.807, 2.05) is 0 Å². The molecule has 2 aromatic rings. The zero-order chi connectivity index (χ0) is 13.8. The number of anilines is 1. The molecular weight excluding hydrogens is 280 g/mol. The first kappa shape index (κ1) is 13.3. The second-order valence-corrected chi connectivity index (χ2v) is 4.98. The van der Waals surface area contributed by atoms with Gasteiger partial charge in [-0.15, -0.1) is 0 Å². The fourth-order valence-electron chi connectivity index (χ4n) is 2.11. The quantitative estimate of drug-likeness (QED) is 0.922. The van der Waals surface area contributed by atoms with Crippen LogP contribution in [0.25, 0.3) is 5.95 Å². The fourth-order valence-corrected chi connectivity index (χ4v) is 2.27. The van der Waals surface area contributed by atoms with E-state index in [0.29, 0.717) is 17.8 Å². The van der Waals surface area contributed by atoms with Gasteiger partial charge < -0.3 is 10.1 Å². The van der Waals surface area contributed by atoms with Crippen LogP contribution in [-0.4, -0.2) is 44.5 Å². The Kier molecular flexibility index (Phi) is 4.08. The summed E-state index contributed by atoms with van der Waals surface area (Å²) in [6, 6.07) is 1.80. The Morgan fingerprint density at radius 2 is 2.35 bits per heavy atom. The van der Waals surface area contributed by atoms with Crippen LogP contribution in [0.15, 0.2) is 18.5 Å². The second-order valence-electron chi connectivity index (χ2n) is 4.64. The summed E-state index contributed by atoms with van der Waals surface area (Å²) in [6.45, 7) is 2.40. The van der Waals surface area contributed by atoms with E-state index in [0.717, 1.165) is 32.6 Å². The van der Waals surface area contributed by atoms with Gasteiger partial charge in [0, 0.05) is 25.5 Å². The van der Waals surface area contributed by atoms with Crippen molar-refractivity contribution in [3.63, 3.8) is 0 Å². The summed E-state index contributed by atoms with van der Waals surface area (Å²) in [5.41, 5.74) is 0. The van der Waals surface area contributed by atoms with Gasteiger partial charge >= 0.3 is 0 Å². The Hall–Kier alpha value is -1.73. The molecule has 106 valence electrons. The Morgan fingerprint density at radius 1 is 1.40 bits per heavy atom. The van der Waals surface area contributed by atoms with Gasteiger partial charge in [-0.1, -0.05) is 0 Å². The molecule has 1 atom stereocenters. The van der Waals surface area contributed by atoms with E-state index < -0.39 is 0 Å². The number of hydrogen-bond acceptors (Lipinski definition) is 6. The van der Waals surface area contributed by atoms with Gasteiger partial charge in [-0.2, -0.15) is 20.1 Å². The van der Waals surface area contributed by atoms with Crippen molar-refractivity contribution >= 4 is 17.5 Å². The molecule has 0 aliphatic carbocycles. The van der Waals surface area contributed by atoms with Crippen molar-refractivity contribution in [3.8, 4) is 5.95 Å². The van der Waals surface area contributed by atoms with Crippen molar-refractivity contribution in [2.75, 3.05) is 25.1 Å². The van der Waals surface area contributed by atoms with E-state index in [2.05, 4.69) is 25.4 Å². The minimum atomic E-state index is 0.146. The lowest BCUT2D eigenvalue weighted by molar-refractivity contribution is 0.0594. The first-order valence-corrected chi connectivity index (χ1v) is 6.92. The summed E-state index contributed by atoms with van der Waals surface area (Å²) in [6.07, 6.45) is 5.66. The van der Waals surface area contributed by atoms with E-state index in [1.165, 1.54) is 0 Å². The lowest BCUT2D eigenvalue weighted by Gasteiger charge is -2.22. The van der Waals surface area contributed by atoms with Gasteiger partial charge in [-0.05, 0) is 36.4 Å². The van der Waals surface area contributed by atoms with Crippen LogP contribution in [0.4, 0.5) is 5.95 Å². The number of rotatable bonds is 4. The predicted octanol–water partition coefficient (Wildman–Crippen LogP) is 1.55. The molecule has 2 aromatic heterocycles. The second kappa shape index (κ2) is 6.15. The molecule has 0 radical (unpaired) electrons. The van der Waals surface area contributed by atoms with Gasteiger partial charge in [-0.3, -0.25) is 0 Å². The van der Waals surface area contributed by atoms with E-state index in [1.54, 1.807) is 23.1 Å². The maximum absolute atomic E-state index is 5.92. The molecule has 0 amide bonds. The third-order valence-electron chi connectivity index (χ3n) is 3.11. The Balaban J connectivity index is 1.69. The van der Waals surface area contributed by atoms with Crippen LogP contribution in [0.1, 0.15) is 12.8 Å². The summed E-state index contributed by atoms with van der Waals surface area (Å²) in [4.78, 5) is 12.4. The molecule has 1 aliphatic heterocycles. The lowest BCUT2D eigenvalue weighted by atomic mass is 10.0. The van der Waals surface area contributed by atoms with E-state index >= 15 is 0 Å². The summed E-state index contributed by atoms with van der Waals surface area (Å²) >= 11 is 5.92. The first-order chi connectivity index (χ1) is 9.81. The van der Waals surface area contributed by atoms with Crippen LogP contribution in [-0.2, 0) is 4.74 Å². The minimum Gasteiger partial charge on any atom is -0.381 e. The van der Waals surface area contributed by atoms with E-state index in [4.69, 9.17) is 16.3 Å². The van der Waals surface area contributed by atoms with Crippen LogP contribution >= 0.6 is 11.6 Å². The van der Waals surface area contributed by atoms with Crippen molar-refractivity contribution in [2.24, 2.45) is 5.92 Å². The van der Waals surface area contributed by atoms with Crippen LogP contribution in [0.3, 0.4) is 0 Å². The van der Waals surface area contributed by atoms with Gasteiger partial charge in [0.1, 0.15) is 0 Å². The van der Waals surface area contributed by atoms with Crippen LogP contribution in [0.2, 0.25) is 5.28 Å².